The molecule has 3 heterocycles. The Morgan fingerprint density at radius 1 is 1.17 bits per heavy atom. The molecule has 2 amide bonds. The number of likely N-dealkylation sites (tertiary alicyclic amines) is 1. The lowest BCUT2D eigenvalue weighted by atomic mass is 10.1. The van der Waals surface area contributed by atoms with Crippen molar-refractivity contribution in [2.45, 2.75) is 12.5 Å². The van der Waals surface area contributed by atoms with Crippen molar-refractivity contribution < 1.29 is 4.79 Å². The van der Waals surface area contributed by atoms with E-state index in [4.69, 9.17) is 0 Å². The molecule has 2 aliphatic rings. The summed E-state index contributed by atoms with van der Waals surface area (Å²) in [5.74, 6) is 0. The second-order valence-corrected chi connectivity index (χ2v) is 6.54. The molecule has 1 unspecified atom stereocenters. The Kier molecular flexibility index (Phi) is 4.32. The number of carbonyl (C=O) groups excluding carboxylic acids is 1. The van der Waals surface area contributed by atoms with E-state index < -0.39 is 0 Å². The lowest BCUT2D eigenvalue weighted by molar-refractivity contribution is 0.172. The standard InChI is InChI=1S/C18H23N5O/c24-18(21-16-2-1-15-12-20-5-3-14(15)11-16)23-8-4-17(13-23)22-9-6-19-7-10-22/h1-3,5,11-12,17,19H,4,6-10,13H2,(H,21,24). The van der Waals surface area contributed by atoms with Gasteiger partial charge in [-0.1, -0.05) is 6.07 Å². The van der Waals surface area contributed by atoms with E-state index in [1.807, 2.05) is 35.4 Å². The highest BCUT2D eigenvalue weighted by molar-refractivity contribution is 5.93. The van der Waals surface area contributed by atoms with Gasteiger partial charge in [-0.05, 0) is 30.0 Å². The minimum Gasteiger partial charge on any atom is -0.323 e. The van der Waals surface area contributed by atoms with Gasteiger partial charge < -0.3 is 15.5 Å². The van der Waals surface area contributed by atoms with Gasteiger partial charge in [0.1, 0.15) is 0 Å². The first kappa shape index (κ1) is 15.4. The van der Waals surface area contributed by atoms with Crippen LogP contribution in [0.2, 0.25) is 0 Å². The Labute approximate surface area is 141 Å². The van der Waals surface area contributed by atoms with E-state index in [-0.39, 0.29) is 6.03 Å². The lowest BCUT2D eigenvalue weighted by Gasteiger charge is -2.32. The minimum atomic E-state index is 0.000963. The topological polar surface area (TPSA) is 60.5 Å². The first-order valence-electron chi connectivity index (χ1n) is 8.64. The van der Waals surface area contributed by atoms with E-state index in [0.29, 0.717) is 6.04 Å². The van der Waals surface area contributed by atoms with Crippen molar-refractivity contribution in [3.05, 3.63) is 36.7 Å². The Morgan fingerprint density at radius 2 is 2.04 bits per heavy atom. The lowest BCUT2D eigenvalue weighted by Crippen LogP contribution is -2.49. The molecule has 24 heavy (non-hydrogen) atoms. The van der Waals surface area contributed by atoms with Crippen LogP contribution in [0, 0.1) is 0 Å². The minimum absolute atomic E-state index is 0.000963. The number of aromatic nitrogens is 1. The van der Waals surface area contributed by atoms with Crippen molar-refractivity contribution in [2.75, 3.05) is 44.6 Å². The van der Waals surface area contributed by atoms with Gasteiger partial charge >= 0.3 is 6.03 Å². The molecule has 2 aliphatic heterocycles. The van der Waals surface area contributed by atoms with Crippen LogP contribution in [0.15, 0.2) is 36.7 Å². The molecule has 2 saturated heterocycles. The van der Waals surface area contributed by atoms with E-state index in [1.165, 1.54) is 0 Å². The maximum absolute atomic E-state index is 12.6. The van der Waals surface area contributed by atoms with Crippen LogP contribution < -0.4 is 10.6 Å². The van der Waals surface area contributed by atoms with E-state index in [2.05, 4.69) is 20.5 Å². The maximum atomic E-state index is 12.6. The average molecular weight is 325 g/mol. The Morgan fingerprint density at radius 3 is 2.92 bits per heavy atom. The number of nitrogens with zero attached hydrogens (tertiary/aromatic N) is 3. The molecule has 4 rings (SSSR count). The smallest absolute Gasteiger partial charge is 0.321 e. The van der Waals surface area contributed by atoms with Gasteiger partial charge in [0.25, 0.3) is 0 Å². The van der Waals surface area contributed by atoms with Gasteiger partial charge in [-0.25, -0.2) is 4.79 Å². The van der Waals surface area contributed by atoms with Gasteiger partial charge in [0.05, 0.1) is 0 Å². The number of amides is 2. The van der Waals surface area contributed by atoms with Gasteiger partial charge in [-0.3, -0.25) is 9.88 Å². The highest BCUT2D eigenvalue weighted by Gasteiger charge is 2.30. The van der Waals surface area contributed by atoms with E-state index in [0.717, 1.165) is 62.1 Å². The summed E-state index contributed by atoms with van der Waals surface area (Å²) < 4.78 is 0. The van der Waals surface area contributed by atoms with Crippen molar-refractivity contribution >= 4 is 22.5 Å². The Balaban J connectivity index is 1.38. The number of pyridine rings is 1. The summed E-state index contributed by atoms with van der Waals surface area (Å²) in [6.45, 7) is 5.92. The maximum Gasteiger partial charge on any atom is 0.321 e. The molecule has 2 fully saturated rings. The summed E-state index contributed by atoms with van der Waals surface area (Å²) in [7, 11) is 0. The van der Waals surface area contributed by atoms with Crippen LogP contribution in [0.25, 0.3) is 10.8 Å². The van der Waals surface area contributed by atoms with Crippen molar-refractivity contribution in [2.24, 2.45) is 0 Å². The van der Waals surface area contributed by atoms with Crippen LogP contribution in [0.5, 0.6) is 0 Å². The predicted octanol–water partition coefficient (Wildman–Crippen LogP) is 1.75. The summed E-state index contributed by atoms with van der Waals surface area (Å²) in [6.07, 6.45) is 4.67. The van der Waals surface area contributed by atoms with E-state index in [1.54, 1.807) is 6.20 Å². The number of urea groups is 1. The largest absolute Gasteiger partial charge is 0.323 e. The van der Waals surface area contributed by atoms with E-state index >= 15 is 0 Å². The zero-order valence-corrected chi connectivity index (χ0v) is 13.7. The summed E-state index contributed by atoms with van der Waals surface area (Å²) >= 11 is 0. The van der Waals surface area contributed by atoms with Gasteiger partial charge in [0.2, 0.25) is 0 Å². The summed E-state index contributed by atoms with van der Waals surface area (Å²) in [4.78, 5) is 21.1. The summed E-state index contributed by atoms with van der Waals surface area (Å²) in [5.41, 5.74) is 0.837. The van der Waals surface area contributed by atoms with Crippen LogP contribution in [0.3, 0.4) is 0 Å². The highest BCUT2D eigenvalue weighted by Crippen LogP contribution is 2.20. The molecule has 0 spiro atoms. The number of nitrogens with one attached hydrogen (secondary N) is 2. The third-order valence-corrected chi connectivity index (χ3v) is 5.01. The second-order valence-electron chi connectivity index (χ2n) is 6.54. The van der Waals surface area contributed by atoms with Gasteiger partial charge in [0, 0.05) is 68.8 Å². The fourth-order valence-corrected chi connectivity index (χ4v) is 3.64. The number of fused-ring (bicyclic) bond motifs is 1. The second kappa shape index (κ2) is 6.75. The fourth-order valence-electron chi connectivity index (χ4n) is 3.64. The van der Waals surface area contributed by atoms with Crippen molar-refractivity contribution in [3.63, 3.8) is 0 Å². The predicted molar refractivity (Wildman–Crippen MR) is 95.2 cm³/mol. The van der Waals surface area contributed by atoms with Crippen LogP contribution in [0.1, 0.15) is 6.42 Å². The molecule has 0 bridgehead atoms. The molecule has 0 radical (unpaired) electrons. The van der Waals surface area contributed by atoms with Crippen molar-refractivity contribution in [3.8, 4) is 0 Å². The normalized spacial score (nSPS) is 22.0. The third kappa shape index (κ3) is 3.20. The number of carbonyl (C=O) groups is 1. The van der Waals surface area contributed by atoms with Crippen molar-refractivity contribution in [1.29, 1.82) is 0 Å². The summed E-state index contributed by atoms with van der Waals surface area (Å²) in [6, 6.07) is 8.39. The summed E-state index contributed by atoms with van der Waals surface area (Å²) in [5, 5.41) is 8.58. The number of piperazine rings is 1. The highest BCUT2D eigenvalue weighted by atomic mass is 16.2. The van der Waals surface area contributed by atoms with E-state index in [9.17, 15) is 4.79 Å². The Hall–Kier alpha value is -2.18. The number of hydrogen-bond donors (Lipinski definition) is 2. The molecule has 6 nitrogen and oxygen atoms in total. The first-order valence-corrected chi connectivity index (χ1v) is 8.64. The van der Waals surface area contributed by atoms with Crippen LogP contribution in [-0.4, -0.2) is 66.1 Å². The van der Waals surface area contributed by atoms with Gasteiger partial charge in [0.15, 0.2) is 0 Å². The SMILES string of the molecule is O=C(Nc1ccc2cnccc2c1)N1CCC(N2CCNCC2)C1. The zero-order valence-electron chi connectivity index (χ0n) is 13.7. The number of hydrogen-bond acceptors (Lipinski definition) is 4. The van der Waals surface area contributed by atoms with Crippen LogP contribution >= 0.6 is 0 Å². The number of anilines is 1. The molecule has 2 aromatic rings. The first-order chi connectivity index (χ1) is 11.8. The monoisotopic (exact) mass is 325 g/mol. The molecule has 1 aromatic heterocycles. The number of benzene rings is 1. The fraction of sp³-hybridized carbons (Fsp3) is 0.444. The quantitative estimate of drug-likeness (QED) is 0.883. The van der Waals surface area contributed by atoms with Crippen molar-refractivity contribution in [1.82, 2.24) is 20.1 Å². The molecule has 1 atom stereocenters. The average Bonchev–Trinajstić information content (AvgIpc) is 3.13. The molecule has 2 N–H and O–H groups in total. The zero-order chi connectivity index (χ0) is 16.4. The molecule has 1 aromatic carbocycles. The third-order valence-electron chi connectivity index (χ3n) is 5.01. The molecule has 126 valence electrons. The van der Waals surface area contributed by atoms with Crippen LogP contribution in [0.4, 0.5) is 10.5 Å². The number of rotatable bonds is 2. The molecule has 0 saturated carbocycles. The van der Waals surface area contributed by atoms with Gasteiger partial charge in [-0.15, -0.1) is 0 Å². The Bertz CT molecular complexity index is 728. The molecule has 6 heteroatoms. The molecular weight excluding hydrogens is 302 g/mol. The molecule has 0 aliphatic carbocycles. The van der Waals surface area contributed by atoms with Crippen LogP contribution in [-0.2, 0) is 0 Å². The molecular formula is C18H23N5O. The van der Waals surface area contributed by atoms with Gasteiger partial charge in [-0.2, -0.15) is 0 Å².